The maximum absolute atomic E-state index is 10.7. The summed E-state index contributed by atoms with van der Waals surface area (Å²) < 4.78 is 5.31. The van der Waals surface area contributed by atoms with Gasteiger partial charge >= 0.3 is 5.97 Å². The lowest BCUT2D eigenvalue weighted by Gasteiger charge is -2.42. The van der Waals surface area contributed by atoms with Gasteiger partial charge in [-0.3, -0.25) is 4.79 Å². The minimum absolute atomic E-state index is 0.203. The van der Waals surface area contributed by atoms with E-state index in [1.54, 1.807) is 0 Å². The first-order chi connectivity index (χ1) is 7.70. The highest BCUT2D eigenvalue weighted by atomic mass is 16.5. The number of rotatable bonds is 6. The van der Waals surface area contributed by atoms with Crippen molar-refractivity contribution in [3.8, 4) is 0 Å². The molecule has 0 amide bonds. The number of hydrogen-bond acceptors (Lipinski definition) is 4. The lowest BCUT2D eigenvalue weighted by molar-refractivity contribution is -0.139. The summed E-state index contributed by atoms with van der Waals surface area (Å²) in [5.74, 6) is -0.0689. The van der Waals surface area contributed by atoms with Crippen LogP contribution in [-0.2, 0) is 9.53 Å². The maximum Gasteiger partial charge on any atom is 0.305 e. The molecule has 0 bridgehead atoms. The van der Waals surface area contributed by atoms with Crippen LogP contribution in [0.15, 0.2) is 0 Å². The zero-order valence-corrected chi connectivity index (χ0v) is 9.50. The summed E-state index contributed by atoms with van der Waals surface area (Å²) in [7, 11) is 0. The van der Waals surface area contributed by atoms with Crippen LogP contribution in [0.3, 0.4) is 0 Å². The van der Waals surface area contributed by atoms with E-state index in [1.165, 1.54) is 0 Å². The van der Waals surface area contributed by atoms with Crippen molar-refractivity contribution in [1.82, 2.24) is 10.6 Å². The summed E-state index contributed by atoms with van der Waals surface area (Å²) in [6, 6.07) is 0. The Balaban J connectivity index is 1.68. The Morgan fingerprint density at radius 3 is 2.88 bits per heavy atom. The topological polar surface area (TPSA) is 70.6 Å². The smallest absolute Gasteiger partial charge is 0.305 e. The van der Waals surface area contributed by atoms with Gasteiger partial charge in [-0.2, -0.15) is 0 Å². The molecule has 1 atom stereocenters. The molecule has 2 saturated heterocycles. The Morgan fingerprint density at radius 1 is 1.56 bits per heavy atom. The van der Waals surface area contributed by atoms with E-state index in [4.69, 9.17) is 9.84 Å². The highest BCUT2D eigenvalue weighted by Crippen LogP contribution is 2.19. The Bertz CT molecular complexity index is 248. The van der Waals surface area contributed by atoms with E-state index in [-0.39, 0.29) is 12.0 Å². The minimum Gasteiger partial charge on any atom is -0.481 e. The van der Waals surface area contributed by atoms with Crippen molar-refractivity contribution in [2.24, 2.45) is 5.92 Å². The molecule has 92 valence electrons. The number of hydrogen-bond donors (Lipinski definition) is 3. The van der Waals surface area contributed by atoms with Crippen LogP contribution >= 0.6 is 0 Å². The van der Waals surface area contributed by atoms with Gasteiger partial charge in [0.2, 0.25) is 0 Å². The third-order valence-corrected chi connectivity index (χ3v) is 3.49. The van der Waals surface area contributed by atoms with Gasteiger partial charge in [-0.25, -0.2) is 0 Å². The molecular weight excluding hydrogens is 208 g/mol. The summed E-state index contributed by atoms with van der Waals surface area (Å²) in [6.07, 6.45) is 2.44. The van der Waals surface area contributed by atoms with Crippen LogP contribution in [0.4, 0.5) is 0 Å². The molecule has 1 unspecified atom stereocenters. The second-order valence-corrected chi connectivity index (χ2v) is 4.90. The van der Waals surface area contributed by atoms with Gasteiger partial charge < -0.3 is 20.5 Å². The molecule has 0 aromatic heterocycles. The monoisotopic (exact) mass is 228 g/mol. The third-order valence-electron chi connectivity index (χ3n) is 3.49. The van der Waals surface area contributed by atoms with Crippen molar-refractivity contribution >= 4 is 5.97 Å². The van der Waals surface area contributed by atoms with Crippen LogP contribution in [-0.4, -0.2) is 49.5 Å². The van der Waals surface area contributed by atoms with E-state index in [0.717, 1.165) is 45.7 Å². The van der Waals surface area contributed by atoms with Crippen molar-refractivity contribution in [3.05, 3.63) is 0 Å². The molecule has 16 heavy (non-hydrogen) atoms. The predicted molar refractivity (Wildman–Crippen MR) is 59.4 cm³/mol. The van der Waals surface area contributed by atoms with Crippen LogP contribution in [0.5, 0.6) is 0 Å². The van der Waals surface area contributed by atoms with Crippen molar-refractivity contribution in [2.75, 3.05) is 32.8 Å². The van der Waals surface area contributed by atoms with Crippen LogP contribution < -0.4 is 10.6 Å². The number of aliphatic carboxylic acids is 1. The molecule has 0 saturated carbocycles. The first kappa shape index (κ1) is 11.8. The van der Waals surface area contributed by atoms with E-state index in [0.29, 0.717) is 5.92 Å². The van der Waals surface area contributed by atoms with Gasteiger partial charge in [-0.1, -0.05) is 0 Å². The highest BCUT2D eigenvalue weighted by Gasteiger charge is 2.38. The van der Waals surface area contributed by atoms with Crippen LogP contribution in [0.25, 0.3) is 0 Å². The molecular formula is C11H20N2O3. The first-order valence-corrected chi connectivity index (χ1v) is 5.95. The van der Waals surface area contributed by atoms with E-state index >= 15 is 0 Å². The fourth-order valence-corrected chi connectivity index (χ4v) is 2.38. The summed E-state index contributed by atoms with van der Waals surface area (Å²) in [6.45, 7) is 4.17. The van der Waals surface area contributed by atoms with E-state index < -0.39 is 5.97 Å². The number of carboxylic acids is 1. The molecule has 5 nitrogen and oxygen atoms in total. The van der Waals surface area contributed by atoms with E-state index in [1.807, 2.05) is 0 Å². The quantitative estimate of drug-likeness (QED) is 0.588. The van der Waals surface area contributed by atoms with Crippen molar-refractivity contribution < 1.29 is 14.6 Å². The SMILES string of the molecule is O=C(O)CC1(NCCC2CCOC2)CNC1. The Hall–Kier alpha value is -0.650. The zero-order chi connectivity index (χ0) is 11.4. The number of nitrogens with one attached hydrogen (secondary N) is 2. The molecule has 0 aromatic rings. The summed E-state index contributed by atoms with van der Waals surface area (Å²) in [5.41, 5.74) is -0.203. The molecule has 3 N–H and O–H groups in total. The lowest BCUT2D eigenvalue weighted by Crippen LogP contribution is -2.68. The average Bonchev–Trinajstić information content (AvgIpc) is 2.66. The summed E-state index contributed by atoms with van der Waals surface area (Å²) >= 11 is 0. The van der Waals surface area contributed by atoms with Gasteiger partial charge in [0.25, 0.3) is 0 Å². The third kappa shape index (κ3) is 2.93. The Morgan fingerprint density at radius 2 is 2.38 bits per heavy atom. The second-order valence-electron chi connectivity index (χ2n) is 4.90. The largest absolute Gasteiger partial charge is 0.481 e. The zero-order valence-electron chi connectivity index (χ0n) is 9.50. The first-order valence-electron chi connectivity index (χ1n) is 5.95. The molecule has 0 aliphatic carbocycles. The number of carboxylic acid groups (broad SMARTS) is 1. The number of carbonyl (C=O) groups is 1. The number of ether oxygens (including phenoxy) is 1. The lowest BCUT2D eigenvalue weighted by atomic mass is 9.88. The average molecular weight is 228 g/mol. The molecule has 2 aliphatic rings. The summed E-state index contributed by atoms with van der Waals surface area (Å²) in [4.78, 5) is 10.7. The van der Waals surface area contributed by atoms with Gasteiger partial charge in [0.15, 0.2) is 0 Å². The summed E-state index contributed by atoms with van der Waals surface area (Å²) in [5, 5.41) is 15.4. The molecule has 0 aromatic carbocycles. The molecule has 0 spiro atoms. The van der Waals surface area contributed by atoms with Gasteiger partial charge in [-0.05, 0) is 25.3 Å². The van der Waals surface area contributed by atoms with Crippen LogP contribution in [0, 0.1) is 5.92 Å². The molecule has 2 aliphatic heterocycles. The van der Waals surface area contributed by atoms with Gasteiger partial charge in [0, 0.05) is 26.3 Å². The molecule has 0 radical (unpaired) electrons. The van der Waals surface area contributed by atoms with E-state index in [9.17, 15) is 4.79 Å². The normalized spacial score (nSPS) is 27.6. The second kappa shape index (κ2) is 5.12. The fraction of sp³-hybridized carbons (Fsp3) is 0.909. The highest BCUT2D eigenvalue weighted by molar-refractivity contribution is 5.68. The van der Waals surface area contributed by atoms with Crippen molar-refractivity contribution in [1.29, 1.82) is 0 Å². The molecule has 5 heteroatoms. The van der Waals surface area contributed by atoms with Gasteiger partial charge in [0.1, 0.15) is 0 Å². The fourth-order valence-electron chi connectivity index (χ4n) is 2.38. The van der Waals surface area contributed by atoms with Crippen molar-refractivity contribution in [3.63, 3.8) is 0 Å². The van der Waals surface area contributed by atoms with Gasteiger partial charge in [0.05, 0.1) is 12.0 Å². The predicted octanol–water partition coefficient (Wildman–Crippen LogP) is -0.181. The standard InChI is InChI=1S/C11H20N2O3/c14-10(15)5-11(7-12-8-11)13-3-1-9-2-4-16-6-9/h9,12-13H,1-8H2,(H,14,15). The molecule has 2 rings (SSSR count). The Kier molecular flexibility index (Phi) is 3.78. The van der Waals surface area contributed by atoms with E-state index in [2.05, 4.69) is 10.6 Å². The maximum atomic E-state index is 10.7. The molecule has 2 fully saturated rings. The van der Waals surface area contributed by atoms with Gasteiger partial charge in [-0.15, -0.1) is 0 Å². The van der Waals surface area contributed by atoms with Crippen LogP contribution in [0.2, 0.25) is 0 Å². The molecule has 2 heterocycles. The van der Waals surface area contributed by atoms with Crippen molar-refractivity contribution in [2.45, 2.75) is 24.8 Å². The Labute approximate surface area is 95.5 Å². The van der Waals surface area contributed by atoms with Crippen LogP contribution in [0.1, 0.15) is 19.3 Å². The minimum atomic E-state index is -0.724.